The van der Waals surface area contributed by atoms with Crippen LogP contribution in [-0.2, 0) is 14.3 Å². The molecule has 0 spiro atoms. The van der Waals surface area contributed by atoms with Crippen LogP contribution in [-0.4, -0.2) is 85.4 Å². The summed E-state index contributed by atoms with van der Waals surface area (Å²) in [5.74, 6) is -1.24. The summed E-state index contributed by atoms with van der Waals surface area (Å²) < 4.78 is 5.95. The summed E-state index contributed by atoms with van der Waals surface area (Å²) in [5, 5.41) is 0. The maximum atomic E-state index is 14.5. The second-order valence-electron chi connectivity index (χ2n) is 13.5. The number of ketones is 1. The highest BCUT2D eigenvalue weighted by molar-refractivity contribution is 5.99. The first-order valence-electron chi connectivity index (χ1n) is 14.1. The van der Waals surface area contributed by atoms with E-state index < -0.39 is 17.9 Å². The van der Waals surface area contributed by atoms with E-state index in [2.05, 4.69) is 58.3 Å². The minimum atomic E-state index is -0.595. The molecule has 0 bridgehead atoms. The van der Waals surface area contributed by atoms with Crippen molar-refractivity contribution in [3.05, 3.63) is 29.3 Å². The van der Waals surface area contributed by atoms with E-state index in [1.165, 1.54) is 0 Å². The van der Waals surface area contributed by atoms with Crippen molar-refractivity contribution < 1.29 is 19.1 Å². The molecule has 0 unspecified atom stereocenters. The van der Waals surface area contributed by atoms with Gasteiger partial charge in [0.05, 0.1) is 12.0 Å². The summed E-state index contributed by atoms with van der Waals surface area (Å²) in [5.41, 5.74) is 7.58. The molecule has 210 valence electrons. The first kappa shape index (κ1) is 28.6. The van der Waals surface area contributed by atoms with Crippen LogP contribution in [0.2, 0.25) is 0 Å². The Balaban J connectivity index is 1.74. The quantitative estimate of drug-likeness (QED) is 0.611. The van der Waals surface area contributed by atoms with Crippen LogP contribution in [0.25, 0.3) is 0 Å². The molecule has 3 saturated heterocycles. The van der Waals surface area contributed by atoms with E-state index in [1.54, 1.807) is 11.0 Å². The van der Waals surface area contributed by atoms with Crippen molar-refractivity contribution in [3.63, 3.8) is 0 Å². The third-order valence-electron chi connectivity index (χ3n) is 8.56. The smallest absolute Gasteiger partial charge is 0.249 e. The molecule has 38 heavy (non-hydrogen) atoms. The number of anilines is 1. The Morgan fingerprint density at radius 1 is 1.08 bits per heavy atom. The highest BCUT2D eigenvalue weighted by Gasteiger charge is 2.56. The number of ether oxygens (including phenoxy) is 1. The lowest BCUT2D eigenvalue weighted by molar-refractivity contribution is -0.138. The van der Waals surface area contributed by atoms with Crippen molar-refractivity contribution in [2.75, 3.05) is 50.8 Å². The Kier molecular flexibility index (Phi) is 7.97. The van der Waals surface area contributed by atoms with Crippen molar-refractivity contribution in [1.82, 2.24) is 9.80 Å². The molecule has 1 aromatic carbocycles. The zero-order chi connectivity index (χ0) is 28.0. The van der Waals surface area contributed by atoms with Crippen molar-refractivity contribution in [3.8, 4) is 0 Å². The Bertz CT molecular complexity index is 1060. The molecule has 3 fully saturated rings. The van der Waals surface area contributed by atoms with Gasteiger partial charge in [-0.15, -0.1) is 0 Å². The minimum Gasteiger partial charge on any atom is -0.369 e. The second-order valence-corrected chi connectivity index (χ2v) is 13.5. The predicted octanol–water partition coefficient (Wildman–Crippen LogP) is 3.29. The van der Waals surface area contributed by atoms with Gasteiger partial charge in [-0.25, -0.2) is 0 Å². The van der Waals surface area contributed by atoms with E-state index in [4.69, 9.17) is 10.5 Å². The third kappa shape index (κ3) is 5.76. The van der Waals surface area contributed by atoms with Crippen LogP contribution >= 0.6 is 0 Å². The maximum absolute atomic E-state index is 14.5. The zero-order valence-electron chi connectivity index (χ0n) is 24.3. The molecule has 0 saturated carbocycles. The number of carbonyl (C=O) groups is 3. The topological polar surface area (TPSA) is 96.2 Å². The number of nitrogens with two attached hydrogens (primary N) is 1. The average molecular weight is 527 g/mol. The van der Waals surface area contributed by atoms with E-state index in [0.717, 1.165) is 38.4 Å². The Hall–Kier alpha value is -2.45. The number of carbonyl (C=O) groups excluding carboxylic acids is 3. The number of likely N-dealkylation sites (tertiary alicyclic amines) is 1. The van der Waals surface area contributed by atoms with Gasteiger partial charge in [0, 0.05) is 49.9 Å². The van der Waals surface area contributed by atoms with Gasteiger partial charge in [0.25, 0.3) is 0 Å². The second kappa shape index (κ2) is 10.6. The summed E-state index contributed by atoms with van der Waals surface area (Å²) in [4.78, 5) is 46.6. The molecule has 3 heterocycles. The molecule has 8 heteroatoms. The van der Waals surface area contributed by atoms with Crippen LogP contribution in [0.3, 0.4) is 0 Å². The fraction of sp³-hybridized carbons (Fsp3) is 0.700. The molecule has 8 nitrogen and oxygen atoms in total. The number of likely N-dealkylation sites (N-methyl/N-ethyl adjacent to an activating group) is 1. The minimum absolute atomic E-state index is 0.0396. The lowest BCUT2D eigenvalue weighted by atomic mass is 9.78. The number of nitrogens with zero attached hydrogens (tertiary/aromatic N) is 3. The van der Waals surface area contributed by atoms with E-state index in [-0.39, 0.29) is 41.1 Å². The van der Waals surface area contributed by atoms with Gasteiger partial charge in [0.15, 0.2) is 5.78 Å². The summed E-state index contributed by atoms with van der Waals surface area (Å²) in [6.45, 7) is 20.1. The van der Waals surface area contributed by atoms with Gasteiger partial charge in [0.1, 0.15) is 12.6 Å². The molecular formula is C30H46N4O4. The standard InChI is InChI=1S/C30H46N4O4/c1-8-32-11-13-33(14-12-32)19-9-10-20(27(31)36)21(15-19)22(16-29(2,3)4)28(37)34-17-23(30(5,6)7)26-25(34)24(35)18-38-26/h9-10,15,22-23,25-26H,8,11-14,16-18H2,1-7H3,(H2,31,36)/t22-,23-,25+,26+/m0/s1. The van der Waals surface area contributed by atoms with Crippen LogP contribution in [0.5, 0.6) is 0 Å². The molecule has 2 N–H and O–H groups in total. The molecule has 3 aliphatic heterocycles. The molecule has 2 amide bonds. The Labute approximate surface area is 227 Å². The SMILES string of the molecule is CCN1CCN(c2ccc(C(N)=O)c([C@H](CC(C)(C)C)C(=O)N3C[C@H](C(C)(C)C)[C@H]4OCC(=O)[C@H]43)c2)CC1. The summed E-state index contributed by atoms with van der Waals surface area (Å²) >= 11 is 0. The number of piperazine rings is 1. The fourth-order valence-corrected chi connectivity index (χ4v) is 6.37. The first-order valence-corrected chi connectivity index (χ1v) is 14.1. The van der Waals surface area contributed by atoms with E-state index in [0.29, 0.717) is 24.1 Å². The molecule has 4 rings (SSSR count). The number of benzene rings is 1. The number of Topliss-reactive ketones (excluding diaryl/α,β-unsaturated/α-hetero) is 1. The normalized spacial score (nSPS) is 25.6. The van der Waals surface area contributed by atoms with Crippen molar-refractivity contribution >= 4 is 23.3 Å². The lowest BCUT2D eigenvalue weighted by Crippen LogP contribution is -2.46. The third-order valence-corrected chi connectivity index (χ3v) is 8.56. The van der Waals surface area contributed by atoms with Crippen molar-refractivity contribution in [2.24, 2.45) is 22.5 Å². The average Bonchev–Trinajstić information content (AvgIpc) is 3.42. The summed E-state index contributed by atoms with van der Waals surface area (Å²) in [7, 11) is 0. The molecule has 3 aliphatic rings. The molecule has 0 radical (unpaired) electrons. The summed E-state index contributed by atoms with van der Waals surface area (Å²) in [6.07, 6.45) is 0.237. The van der Waals surface area contributed by atoms with E-state index in [1.807, 2.05) is 12.1 Å². The van der Waals surface area contributed by atoms with Crippen LogP contribution in [0, 0.1) is 16.7 Å². The van der Waals surface area contributed by atoms with Crippen LogP contribution in [0.4, 0.5) is 5.69 Å². The van der Waals surface area contributed by atoms with Crippen molar-refractivity contribution in [1.29, 1.82) is 0 Å². The van der Waals surface area contributed by atoms with Crippen molar-refractivity contribution in [2.45, 2.75) is 73.0 Å². The number of rotatable bonds is 6. The Morgan fingerprint density at radius 3 is 2.29 bits per heavy atom. The highest BCUT2D eigenvalue weighted by Crippen LogP contribution is 2.44. The van der Waals surface area contributed by atoms with E-state index >= 15 is 0 Å². The van der Waals surface area contributed by atoms with Gasteiger partial charge in [0.2, 0.25) is 11.8 Å². The largest absolute Gasteiger partial charge is 0.369 e. The summed E-state index contributed by atoms with van der Waals surface area (Å²) in [6, 6.07) is 5.14. The number of amides is 2. The number of hydrogen-bond donors (Lipinski definition) is 1. The highest BCUT2D eigenvalue weighted by atomic mass is 16.5. The van der Waals surface area contributed by atoms with Gasteiger partial charge in [-0.05, 0) is 47.6 Å². The molecule has 4 atom stereocenters. The number of primary amides is 1. The monoisotopic (exact) mass is 526 g/mol. The Morgan fingerprint density at radius 2 is 1.74 bits per heavy atom. The van der Waals surface area contributed by atoms with Crippen LogP contribution < -0.4 is 10.6 Å². The molecular weight excluding hydrogens is 480 g/mol. The maximum Gasteiger partial charge on any atom is 0.249 e. The molecule has 0 aromatic heterocycles. The van der Waals surface area contributed by atoms with Gasteiger partial charge in [-0.1, -0.05) is 48.5 Å². The van der Waals surface area contributed by atoms with Gasteiger partial charge < -0.3 is 25.2 Å². The lowest BCUT2D eigenvalue weighted by Gasteiger charge is -2.36. The zero-order valence-corrected chi connectivity index (χ0v) is 24.3. The molecule has 1 aromatic rings. The van der Waals surface area contributed by atoms with Gasteiger partial charge in [-0.3, -0.25) is 14.4 Å². The van der Waals surface area contributed by atoms with E-state index in [9.17, 15) is 14.4 Å². The first-order chi connectivity index (χ1) is 17.7. The van der Waals surface area contributed by atoms with Crippen LogP contribution in [0.1, 0.15) is 76.7 Å². The predicted molar refractivity (Wildman–Crippen MR) is 149 cm³/mol. The fourth-order valence-electron chi connectivity index (χ4n) is 6.37. The number of hydrogen-bond acceptors (Lipinski definition) is 6. The number of fused-ring (bicyclic) bond motifs is 1. The van der Waals surface area contributed by atoms with Gasteiger partial charge in [-0.2, -0.15) is 0 Å². The van der Waals surface area contributed by atoms with Crippen LogP contribution in [0.15, 0.2) is 18.2 Å². The molecule has 0 aliphatic carbocycles. The van der Waals surface area contributed by atoms with Gasteiger partial charge >= 0.3 is 0 Å².